The number of hydrogen-bond donors (Lipinski definition) is 1. The van der Waals surface area contributed by atoms with Gasteiger partial charge in [0.1, 0.15) is 11.5 Å². The van der Waals surface area contributed by atoms with Crippen LogP contribution >= 0.6 is 0 Å². The highest BCUT2D eigenvalue weighted by Gasteiger charge is 2.03. The number of hydrogen-bond acceptors (Lipinski definition) is 3. The van der Waals surface area contributed by atoms with Crippen LogP contribution in [0.4, 0.5) is 0 Å². The molecule has 1 unspecified atom stereocenters. The van der Waals surface area contributed by atoms with Crippen LogP contribution in [0.1, 0.15) is 24.5 Å². The third-order valence-electron chi connectivity index (χ3n) is 3.39. The van der Waals surface area contributed by atoms with Crippen molar-refractivity contribution in [3.63, 3.8) is 0 Å². The second kappa shape index (κ2) is 7.81. The topological polar surface area (TPSA) is 44.5 Å². The molecule has 0 fully saturated rings. The second-order valence-electron chi connectivity index (χ2n) is 5.20. The highest BCUT2D eigenvalue weighted by molar-refractivity contribution is 5.35. The SMILES string of the molecule is CCC(N)Cc1ccc(Oc2cccc(COC)c2)cc1. The van der Waals surface area contributed by atoms with E-state index in [1.54, 1.807) is 7.11 Å². The molecule has 0 amide bonds. The van der Waals surface area contributed by atoms with Gasteiger partial charge in [0.15, 0.2) is 0 Å². The van der Waals surface area contributed by atoms with Gasteiger partial charge in [-0.1, -0.05) is 31.2 Å². The van der Waals surface area contributed by atoms with Crippen molar-refractivity contribution in [3.8, 4) is 11.5 Å². The Balaban J connectivity index is 2.01. The normalized spacial score (nSPS) is 12.1. The van der Waals surface area contributed by atoms with Gasteiger partial charge in [0.25, 0.3) is 0 Å². The third kappa shape index (κ3) is 4.88. The van der Waals surface area contributed by atoms with Gasteiger partial charge in [-0.15, -0.1) is 0 Å². The zero-order chi connectivity index (χ0) is 15.1. The molecule has 21 heavy (non-hydrogen) atoms. The highest BCUT2D eigenvalue weighted by atomic mass is 16.5. The molecule has 0 heterocycles. The van der Waals surface area contributed by atoms with E-state index in [0.717, 1.165) is 29.9 Å². The van der Waals surface area contributed by atoms with Crippen molar-refractivity contribution in [3.05, 3.63) is 59.7 Å². The fraction of sp³-hybridized carbons (Fsp3) is 0.333. The summed E-state index contributed by atoms with van der Waals surface area (Å²) in [6, 6.07) is 16.3. The number of ether oxygens (including phenoxy) is 2. The molecule has 1 atom stereocenters. The minimum atomic E-state index is 0.225. The molecule has 3 heteroatoms. The lowest BCUT2D eigenvalue weighted by Crippen LogP contribution is -2.21. The minimum Gasteiger partial charge on any atom is -0.457 e. The van der Waals surface area contributed by atoms with Crippen LogP contribution in [-0.2, 0) is 17.8 Å². The van der Waals surface area contributed by atoms with E-state index in [2.05, 4.69) is 19.1 Å². The van der Waals surface area contributed by atoms with Crippen molar-refractivity contribution < 1.29 is 9.47 Å². The van der Waals surface area contributed by atoms with Crippen molar-refractivity contribution in [2.24, 2.45) is 5.73 Å². The van der Waals surface area contributed by atoms with Gasteiger partial charge >= 0.3 is 0 Å². The van der Waals surface area contributed by atoms with Gasteiger partial charge in [-0.05, 0) is 48.2 Å². The van der Waals surface area contributed by atoms with Gasteiger partial charge in [-0.2, -0.15) is 0 Å². The van der Waals surface area contributed by atoms with Crippen LogP contribution in [0.2, 0.25) is 0 Å². The van der Waals surface area contributed by atoms with Crippen LogP contribution in [0, 0.1) is 0 Å². The Morgan fingerprint density at radius 3 is 2.43 bits per heavy atom. The Morgan fingerprint density at radius 2 is 1.76 bits per heavy atom. The smallest absolute Gasteiger partial charge is 0.127 e. The lowest BCUT2D eigenvalue weighted by Gasteiger charge is -2.10. The van der Waals surface area contributed by atoms with Crippen molar-refractivity contribution >= 4 is 0 Å². The molecule has 2 aromatic rings. The summed E-state index contributed by atoms with van der Waals surface area (Å²) in [6.45, 7) is 2.69. The largest absolute Gasteiger partial charge is 0.457 e. The van der Waals surface area contributed by atoms with Gasteiger partial charge in [0.05, 0.1) is 6.61 Å². The summed E-state index contributed by atoms with van der Waals surface area (Å²) in [4.78, 5) is 0. The first kappa shape index (κ1) is 15.5. The van der Waals surface area contributed by atoms with E-state index in [1.165, 1.54) is 5.56 Å². The first-order valence-electron chi connectivity index (χ1n) is 7.31. The monoisotopic (exact) mass is 285 g/mol. The molecule has 0 saturated heterocycles. The fourth-order valence-corrected chi connectivity index (χ4v) is 2.14. The van der Waals surface area contributed by atoms with E-state index in [4.69, 9.17) is 15.2 Å². The Hall–Kier alpha value is -1.84. The average molecular weight is 285 g/mol. The van der Waals surface area contributed by atoms with E-state index in [9.17, 15) is 0 Å². The Kier molecular flexibility index (Phi) is 5.78. The van der Waals surface area contributed by atoms with Crippen LogP contribution in [0.25, 0.3) is 0 Å². The summed E-state index contributed by atoms with van der Waals surface area (Å²) in [5.74, 6) is 1.65. The van der Waals surface area contributed by atoms with Crippen LogP contribution in [0.15, 0.2) is 48.5 Å². The quantitative estimate of drug-likeness (QED) is 0.839. The minimum absolute atomic E-state index is 0.225. The predicted octanol–water partition coefficient (Wildman–Crippen LogP) is 3.91. The molecule has 112 valence electrons. The van der Waals surface area contributed by atoms with E-state index >= 15 is 0 Å². The summed E-state index contributed by atoms with van der Waals surface area (Å²) in [6.07, 6.45) is 1.89. The van der Waals surface area contributed by atoms with Crippen LogP contribution < -0.4 is 10.5 Å². The van der Waals surface area contributed by atoms with Gasteiger partial charge in [0, 0.05) is 13.2 Å². The highest BCUT2D eigenvalue weighted by Crippen LogP contribution is 2.23. The summed E-state index contributed by atoms with van der Waals surface area (Å²) in [7, 11) is 1.69. The van der Waals surface area contributed by atoms with Gasteiger partial charge in [-0.3, -0.25) is 0 Å². The maximum atomic E-state index is 5.97. The first-order valence-corrected chi connectivity index (χ1v) is 7.31. The van der Waals surface area contributed by atoms with Gasteiger partial charge in [-0.25, -0.2) is 0 Å². The molecule has 2 rings (SSSR count). The van der Waals surface area contributed by atoms with Gasteiger partial charge < -0.3 is 15.2 Å². The fourth-order valence-electron chi connectivity index (χ4n) is 2.14. The number of nitrogens with two attached hydrogens (primary N) is 1. The van der Waals surface area contributed by atoms with Crippen LogP contribution in [0.5, 0.6) is 11.5 Å². The van der Waals surface area contributed by atoms with Crippen molar-refractivity contribution in [2.45, 2.75) is 32.4 Å². The van der Waals surface area contributed by atoms with E-state index in [0.29, 0.717) is 6.61 Å². The van der Waals surface area contributed by atoms with Crippen molar-refractivity contribution in [1.82, 2.24) is 0 Å². The molecule has 2 aromatic carbocycles. The molecular weight excluding hydrogens is 262 g/mol. The number of rotatable bonds is 7. The molecule has 0 aliphatic heterocycles. The molecule has 0 radical (unpaired) electrons. The summed E-state index contributed by atoms with van der Waals surface area (Å²) in [5, 5.41) is 0. The lowest BCUT2D eigenvalue weighted by atomic mass is 10.0. The van der Waals surface area contributed by atoms with E-state index in [1.807, 2.05) is 36.4 Å². The molecule has 0 aliphatic rings. The lowest BCUT2D eigenvalue weighted by molar-refractivity contribution is 0.184. The van der Waals surface area contributed by atoms with E-state index in [-0.39, 0.29) is 6.04 Å². The van der Waals surface area contributed by atoms with Crippen LogP contribution in [0.3, 0.4) is 0 Å². The second-order valence-corrected chi connectivity index (χ2v) is 5.20. The molecule has 0 spiro atoms. The maximum Gasteiger partial charge on any atom is 0.127 e. The molecule has 0 aliphatic carbocycles. The predicted molar refractivity (Wildman–Crippen MR) is 85.6 cm³/mol. The van der Waals surface area contributed by atoms with Crippen molar-refractivity contribution in [2.75, 3.05) is 7.11 Å². The Bertz CT molecular complexity index is 551. The third-order valence-corrected chi connectivity index (χ3v) is 3.39. The zero-order valence-corrected chi connectivity index (χ0v) is 12.7. The molecule has 0 aromatic heterocycles. The standard InChI is InChI=1S/C18H23NO2/c1-3-16(19)11-14-7-9-17(10-8-14)21-18-6-4-5-15(12-18)13-20-2/h4-10,12,16H,3,11,13,19H2,1-2H3. The first-order chi connectivity index (χ1) is 10.2. The van der Waals surface area contributed by atoms with Gasteiger partial charge in [0.2, 0.25) is 0 Å². The summed E-state index contributed by atoms with van der Waals surface area (Å²) < 4.78 is 11.0. The summed E-state index contributed by atoms with van der Waals surface area (Å²) in [5.41, 5.74) is 8.31. The molecule has 2 N–H and O–H groups in total. The maximum absolute atomic E-state index is 5.97. The van der Waals surface area contributed by atoms with Crippen molar-refractivity contribution in [1.29, 1.82) is 0 Å². The van der Waals surface area contributed by atoms with Crippen LogP contribution in [-0.4, -0.2) is 13.2 Å². The molecule has 0 saturated carbocycles. The van der Waals surface area contributed by atoms with E-state index < -0.39 is 0 Å². The Labute approximate surface area is 126 Å². The average Bonchev–Trinajstić information content (AvgIpc) is 2.50. The number of benzene rings is 2. The summed E-state index contributed by atoms with van der Waals surface area (Å²) >= 11 is 0. The molecule has 0 bridgehead atoms. The molecule has 3 nitrogen and oxygen atoms in total. The number of methoxy groups -OCH3 is 1. The zero-order valence-electron chi connectivity index (χ0n) is 12.7. The Morgan fingerprint density at radius 1 is 1.00 bits per heavy atom. The molecular formula is C18H23NO2.